The van der Waals surface area contributed by atoms with Crippen LogP contribution < -0.4 is 10.6 Å². The molecule has 0 spiro atoms. The number of allylic oxidation sites excluding steroid dienone is 7. The molecule has 31 heavy (non-hydrogen) atoms. The number of aliphatic hydroxyl groups excluding tert-OH is 1. The Balaban J connectivity index is 1.81. The molecule has 2 aliphatic carbocycles. The van der Waals surface area contributed by atoms with E-state index >= 15 is 0 Å². The van der Waals surface area contributed by atoms with E-state index in [2.05, 4.69) is 38.0 Å². The zero-order valence-corrected chi connectivity index (χ0v) is 16.6. The fourth-order valence-electron chi connectivity index (χ4n) is 3.20. The first-order valence-electron chi connectivity index (χ1n) is 9.42. The van der Waals surface area contributed by atoms with E-state index in [1.54, 1.807) is 24.3 Å². The number of terminal acetylenes is 1. The lowest BCUT2D eigenvalue weighted by atomic mass is 10.0. The van der Waals surface area contributed by atoms with Gasteiger partial charge in [0.25, 0.3) is 5.69 Å². The predicted octanol–water partition coefficient (Wildman–Crippen LogP) is 4.64. The third-order valence-corrected chi connectivity index (χ3v) is 4.77. The largest absolute Gasteiger partial charge is 0.512 e. The first-order chi connectivity index (χ1) is 14.9. The summed E-state index contributed by atoms with van der Waals surface area (Å²) in [5.74, 6) is 3.65. The minimum atomic E-state index is -0.478. The van der Waals surface area contributed by atoms with Gasteiger partial charge in [0.1, 0.15) is 0 Å². The van der Waals surface area contributed by atoms with Crippen LogP contribution in [0.3, 0.4) is 0 Å². The summed E-state index contributed by atoms with van der Waals surface area (Å²) in [7, 11) is 0. The zero-order valence-electron chi connectivity index (χ0n) is 16.6. The summed E-state index contributed by atoms with van der Waals surface area (Å²) in [5, 5.41) is 27.3. The molecule has 0 saturated carbocycles. The molecular weight excluding hydrogens is 394 g/mol. The van der Waals surface area contributed by atoms with Gasteiger partial charge in [0.15, 0.2) is 11.6 Å². The van der Waals surface area contributed by atoms with Crippen molar-refractivity contribution in [3.63, 3.8) is 0 Å². The summed E-state index contributed by atoms with van der Waals surface area (Å²) in [6.07, 6.45) is 11.6. The molecule has 0 atom stereocenters. The number of anilines is 2. The van der Waals surface area contributed by atoms with Gasteiger partial charge >= 0.3 is 0 Å². The minimum absolute atomic E-state index is 0.0749. The number of hydrogen-bond donors (Lipinski definition) is 3. The SMILES string of the molecule is C#CC1=CC(Nc2nc3cc([N+](=O)[O-])ccc3nc2NC2=C(C)C=C(O)CC2)=C=C=C1. The molecule has 0 unspecified atom stereocenters. The van der Waals surface area contributed by atoms with E-state index < -0.39 is 4.92 Å². The van der Waals surface area contributed by atoms with Gasteiger partial charge in [0, 0.05) is 35.9 Å². The molecule has 0 aliphatic heterocycles. The Morgan fingerprint density at radius 1 is 1.19 bits per heavy atom. The number of fused-ring (bicyclic) bond motifs is 1. The molecule has 0 fully saturated rings. The number of aliphatic hydroxyl groups is 1. The third-order valence-electron chi connectivity index (χ3n) is 4.77. The normalized spacial score (nSPS) is 15.2. The zero-order chi connectivity index (χ0) is 22.0. The Bertz CT molecular complexity index is 1360. The quantitative estimate of drug-likeness (QED) is 0.284. The molecule has 1 aromatic carbocycles. The first kappa shape index (κ1) is 19.7. The van der Waals surface area contributed by atoms with E-state index in [0.29, 0.717) is 52.5 Å². The van der Waals surface area contributed by atoms with E-state index in [1.807, 2.05) is 6.92 Å². The fourth-order valence-corrected chi connectivity index (χ4v) is 3.20. The van der Waals surface area contributed by atoms with Gasteiger partial charge in [-0.25, -0.2) is 9.97 Å². The molecule has 8 nitrogen and oxygen atoms in total. The summed E-state index contributed by atoms with van der Waals surface area (Å²) in [5.41, 5.74) is 9.48. The van der Waals surface area contributed by atoms with Crippen molar-refractivity contribution in [3.8, 4) is 12.3 Å². The van der Waals surface area contributed by atoms with Gasteiger partial charge in [-0.3, -0.25) is 10.1 Å². The maximum Gasteiger partial charge on any atom is 0.271 e. The van der Waals surface area contributed by atoms with Gasteiger partial charge in [-0.15, -0.1) is 6.42 Å². The Hall–Kier alpha value is -4.56. The van der Waals surface area contributed by atoms with Gasteiger partial charge in [-0.1, -0.05) is 11.7 Å². The van der Waals surface area contributed by atoms with Crippen molar-refractivity contribution >= 4 is 28.4 Å². The molecule has 0 amide bonds. The van der Waals surface area contributed by atoms with Gasteiger partial charge in [-0.2, -0.15) is 0 Å². The molecular formula is C23H17N5O3. The lowest BCUT2D eigenvalue weighted by Crippen LogP contribution is -2.11. The molecule has 1 aromatic heterocycles. The molecule has 2 aromatic rings. The number of rotatable bonds is 5. The second-order valence-electron chi connectivity index (χ2n) is 6.97. The van der Waals surface area contributed by atoms with E-state index in [9.17, 15) is 15.2 Å². The average Bonchev–Trinajstić information content (AvgIpc) is 2.75. The molecule has 4 rings (SSSR count). The third kappa shape index (κ3) is 4.24. The lowest BCUT2D eigenvalue weighted by Gasteiger charge is -2.19. The smallest absolute Gasteiger partial charge is 0.271 e. The summed E-state index contributed by atoms with van der Waals surface area (Å²) in [6.45, 7) is 1.89. The number of non-ortho nitro benzene ring substituents is 1. The highest BCUT2D eigenvalue weighted by atomic mass is 16.6. The monoisotopic (exact) mass is 411 g/mol. The summed E-state index contributed by atoms with van der Waals surface area (Å²) in [6, 6.07) is 4.32. The summed E-state index contributed by atoms with van der Waals surface area (Å²) >= 11 is 0. The van der Waals surface area contributed by atoms with E-state index in [1.165, 1.54) is 12.1 Å². The van der Waals surface area contributed by atoms with Crippen molar-refractivity contribution in [2.75, 3.05) is 10.6 Å². The molecule has 2 aliphatic rings. The molecule has 8 heteroatoms. The highest BCUT2D eigenvalue weighted by Gasteiger charge is 2.17. The molecule has 1 heterocycles. The average molecular weight is 411 g/mol. The summed E-state index contributed by atoms with van der Waals surface area (Å²) < 4.78 is 0. The number of benzene rings is 1. The molecule has 0 bridgehead atoms. The van der Waals surface area contributed by atoms with Crippen LogP contribution in [0.15, 0.2) is 76.2 Å². The van der Waals surface area contributed by atoms with Crippen molar-refractivity contribution in [2.45, 2.75) is 19.8 Å². The maximum atomic E-state index is 11.2. The minimum Gasteiger partial charge on any atom is -0.512 e. The van der Waals surface area contributed by atoms with Crippen LogP contribution in [0.25, 0.3) is 11.0 Å². The maximum absolute atomic E-state index is 11.2. The Kier molecular flexibility index (Phi) is 5.13. The lowest BCUT2D eigenvalue weighted by molar-refractivity contribution is -0.384. The molecule has 0 saturated heterocycles. The number of nitrogens with one attached hydrogen (secondary N) is 2. The number of hydrogen-bond acceptors (Lipinski definition) is 7. The van der Waals surface area contributed by atoms with Crippen molar-refractivity contribution in [2.24, 2.45) is 0 Å². The number of nitrogens with zero attached hydrogens (tertiary/aromatic N) is 3. The van der Waals surface area contributed by atoms with Crippen molar-refractivity contribution in [1.82, 2.24) is 9.97 Å². The van der Waals surface area contributed by atoms with Crippen LogP contribution in [0, 0.1) is 22.5 Å². The van der Waals surface area contributed by atoms with Crippen LogP contribution >= 0.6 is 0 Å². The van der Waals surface area contributed by atoms with E-state index in [4.69, 9.17) is 6.42 Å². The van der Waals surface area contributed by atoms with Crippen molar-refractivity contribution in [3.05, 3.63) is 86.3 Å². The Morgan fingerprint density at radius 3 is 2.71 bits per heavy atom. The Labute approximate surface area is 177 Å². The second kappa shape index (κ2) is 8.05. The van der Waals surface area contributed by atoms with Gasteiger partial charge < -0.3 is 15.7 Å². The number of nitro benzene ring substituents is 1. The fraction of sp³-hybridized carbons (Fsp3) is 0.130. The van der Waals surface area contributed by atoms with E-state index in [0.717, 1.165) is 11.3 Å². The van der Waals surface area contributed by atoms with Crippen LogP contribution in [-0.4, -0.2) is 20.0 Å². The number of nitro groups is 1. The number of aromatic nitrogens is 2. The topological polar surface area (TPSA) is 113 Å². The van der Waals surface area contributed by atoms with Crippen LogP contribution in [-0.2, 0) is 0 Å². The first-order valence-corrected chi connectivity index (χ1v) is 9.42. The van der Waals surface area contributed by atoms with Gasteiger partial charge in [-0.05, 0) is 42.9 Å². The highest BCUT2D eigenvalue weighted by Crippen LogP contribution is 2.30. The summed E-state index contributed by atoms with van der Waals surface area (Å²) in [4.78, 5) is 19.9. The van der Waals surface area contributed by atoms with Crippen molar-refractivity contribution in [1.29, 1.82) is 0 Å². The van der Waals surface area contributed by atoms with Gasteiger partial charge in [0.05, 0.1) is 27.4 Å². The second-order valence-corrected chi connectivity index (χ2v) is 6.97. The molecule has 0 radical (unpaired) electrons. The highest BCUT2D eigenvalue weighted by molar-refractivity contribution is 5.83. The van der Waals surface area contributed by atoms with Crippen LogP contribution in [0.1, 0.15) is 19.8 Å². The molecule has 152 valence electrons. The standard InChI is InChI=1S/C23H17N5O3/c1-3-15-5-4-6-16(12-15)24-22-23(25-19-10-8-18(29)11-14(19)2)26-20-9-7-17(28(30)31)13-21(20)27-22/h1,5,7,9,11-13,29H,8,10H2,2H3,(H,24,27)(H,25,26). The van der Waals surface area contributed by atoms with Crippen LogP contribution in [0.4, 0.5) is 17.3 Å². The van der Waals surface area contributed by atoms with Gasteiger partial charge in [0.2, 0.25) is 0 Å². The molecule has 3 N–H and O–H groups in total. The van der Waals surface area contributed by atoms with Crippen LogP contribution in [0.2, 0.25) is 0 Å². The predicted molar refractivity (Wildman–Crippen MR) is 118 cm³/mol. The van der Waals surface area contributed by atoms with Crippen LogP contribution in [0.5, 0.6) is 0 Å². The Morgan fingerprint density at radius 2 is 1.97 bits per heavy atom. The van der Waals surface area contributed by atoms with E-state index in [-0.39, 0.29) is 5.69 Å². The van der Waals surface area contributed by atoms with Crippen molar-refractivity contribution < 1.29 is 10.0 Å².